The molecule has 37 heavy (non-hydrogen) atoms. The Bertz CT molecular complexity index is 1250. The van der Waals surface area contributed by atoms with E-state index >= 15 is 4.57 Å². The Morgan fingerprint density at radius 3 is 1.57 bits per heavy atom. The monoisotopic (exact) mass is 532 g/mol. The second kappa shape index (κ2) is 10.8. The standard InChI is InChI=1S/C32H41N2OPS/c1-21-17-23(3)31(24(4)18-21)33-28(8)29(9)34(32-25(5)19-22(2)20-26(32)6)36(33,35)37-27(7)15-16-30-13-11-10-12-14-30/h10-20,27-29H,1-9H3/b16-15+. The normalized spacial score (nSPS) is 22.7. The van der Waals surface area contributed by atoms with Gasteiger partial charge in [-0.25, -0.2) is 0 Å². The molecule has 3 aromatic rings. The van der Waals surface area contributed by atoms with Crippen LogP contribution in [0.4, 0.5) is 11.4 Å². The first-order chi connectivity index (χ1) is 17.4. The van der Waals surface area contributed by atoms with Crippen molar-refractivity contribution >= 4 is 35.5 Å². The highest BCUT2D eigenvalue weighted by atomic mass is 32.7. The Kier molecular flexibility index (Phi) is 8.02. The zero-order valence-corrected chi connectivity index (χ0v) is 25.5. The van der Waals surface area contributed by atoms with E-state index in [1.807, 2.05) is 6.07 Å². The van der Waals surface area contributed by atoms with E-state index < -0.39 is 6.65 Å². The lowest BCUT2D eigenvalue weighted by Crippen LogP contribution is -2.33. The summed E-state index contributed by atoms with van der Waals surface area (Å²) in [5.74, 6) is 0. The quantitative estimate of drug-likeness (QED) is 0.295. The van der Waals surface area contributed by atoms with Crippen LogP contribution in [0.2, 0.25) is 0 Å². The number of anilines is 2. The number of rotatable bonds is 6. The average molecular weight is 533 g/mol. The van der Waals surface area contributed by atoms with Gasteiger partial charge in [0.25, 0.3) is 0 Å². The first-order valence-corrected chi connectivity index (χ1v) is 16.3. The summed E-state index contributed by atoms with van der Waals surface area (Å²) in [4.78, 5) is 0. The molecule has 0 aliphatic carbocycles. The van der Waals surface area contributed by atoms with Crippen molar-refractivity contribution in [2.24, 2.45) is 0 Å². The second-order valence-electron chi connectivity index (χ2n) is 10.7. The SMILES string of the molecule is Cc1cc(C)c(N2C(C)C(C)N(c3c(C)cc(C)cc3C)P2(=O)SC(C)/C=C/c2ccccc2)c(C)c1. The smallest absolute Gasteiger partial charge is 0.293 e. The minimum Gasteiger partial charge on any atom is -0.293 e. The summed E-state index contributed by atoms with van der Waals surface area (Å²) in [6.45, 7) is 16.4. The Morgan fingerprint density at radius 1 is 0.757 bits per heavy atom. The topological polar surface area (TPSA) is 23.6 Å². The van der Waals surface area contributed by atoms with Crippen LogP contribution < -0.4 is 9.34 Å². The Hall–Kier alpha value is -2.42. The van der Waals surface area contributed by atoms with Gasteiger partial charge in [0, 0.05) is 5.25 Å². The highest BCUT2D eigenvalue weighted by molar-refractivity contribution is 8.59. The van der Waals surface area contributed by atoms with Crippen LogP contribution in [0.15, 0.2) is 60.7 Å². The summed E-state index contributed by atoms with van der Waals surface area (Å²) in [5, 5.41) is 0.0608. The fourth-order valence-corrected chi connectivity index (χ4v) is 12.8. The van der Waals surface area contributed by atoms with Gasteiger partial charge >= 0.3 is 6.65 Å². The number of nitrogens with zero attached hydrogens (tertiary/aromatic N) is 2. The molecule has 3 nitrogen and oxygen atoms in total. The van der Waals surface area contributed by atoms with Crippen LogP contribution >= 0.6 is 18.0 Å². The molecule has 0 aromatic heterocycles. The highest BCUT2D eigenvalue weighted by Crippen LogP contribution is 2.74. The van der Waals surface area contributed by atoms with Crippen LogP contribution in [0, 0.1) is 41.5 Å². The molecule has 196 valence electrons. The van der Waals surface area contributed by atoms with E-state index in [9.17, 15) is 0 Å². The van der Waals surface area contributed by atoms with Crippen LogP contribution in [0.3, 0.4) is 0 Å². The lowest BCUT2D eigenvalue weighted by Gasteiger charge is -2.37. The fourth-order valence-electron chi connectivity index (χ4n) is 5.86. The van der Waals surface area contributed by atoms with Crippen LogP contribution in [-0.2, 0) is 4.57 Å². The van der Waals surface area contributed by atoms with E-state index in [0.29, 0.717) is 0 Å². The van der Waals surface area contributed by atoms with Crippen LogP contribution in [0.5, 0.6) is 0 Å². The lowest BCUT2D eigenvalue weighted by molar-refractivity contribution is 0.584. The van der Waals surface area contributed by atoms with Gasteiger partial charge in [-0.3, -0.25) is 13.9 Å². The van der Waals surface area contributed by atoms with Crippen molar-refractivity contribution in [2.75, 3.05) is 9.34 Å². The van der Waals surface area contributed by atoms with E-state index in [0.717, 1.165) is 16.9 Å². The minimum atomic E-state index is -3.13. The summed E-state index contributed by atoms with van der Waals surface area (Å²) in [7, 11) is 0. The number of hydrogen-bond donors (Lipinski definition) is 0. The summed E-state index contributed by atoms with van der Waals surface area (Å²) in [5.41, 5.74) is 10.6. The van der Waals surface area contributed by atoms with Crippen LogP contribution in [0.25, 0.3) is 6.08 Å². The molecule has 3 atom stereocenters. The first-order valence-electron chi connectivity index (χ1n) is 13.2. The molecule has 1 fully saturated rings. The summed E-state index contributed by atoms with van der Waals surface area (Å²) in [6, 6.07) is 19.4. The molecule has 0 N–H and O–H groups in total. The molecular formula is C32H41N2OPS. The van der Waals surface area contributed by atoms with Gasteiger partial charge in [-0.1, -0.05) is 77.9 Å². The van der Waals surface area contributed by atoms with Gasteiger partial charge in [-0.2, -0.15) is 0 Å². The van der Waals surface area contributed by atoms with E-state index in [1.54, 1.807) is 11.4 Å². The minimum absolute atomic E-state index is 0.0608. The molecule has 0 bridgehead atoms. The van der Waals surface area contributed by atoms with Crippen molar-refractivity contribution in [1.82, 2.24) is 0 Å². The molecule has 0 spiro atoms. The Balaban J connectivity index is 1.87. The van der Waals surface area contributed by atoms with E-state index in [4.69, 9.17) is 0 Å². The molecule has 1 aliphatic heterocycles. The molecule has 1 saturated heterocycles. The van der Waals surface area contributed by atoms with E-state index in [-0.39, 0.29) is 17.3 Å². The van der Waals surface area contributed by atoms with Crippen LogP contribution in [-0.4, -0.2) is 17.3 Å². The van der Waals surface area contributed by atoms with E-state index in [2.05, 4.69) is 132 Å². The predicted molar refractivity (Wildman–Crippen MR) is 165 cm³/mol. The summed E-state index contributed by atoms with van der Waals surface area (Å²) < 4.78 is 20.2. The summed E-state index contributed by atoms with van der Waals surface area (Å²) in [6.07, 6.45) is 4.33. The lowest BCUT2D eigenvalue weighted by atomic mass is 10.0. The maximum atomic E-state index is 15.7. The van der Waals surface area contributed by atoms with Crippen molar-refractivity contribution < 1.29 is 4.57 Å². The maximum absolute atomic E-state index is 15.7. The third-order valence-electron chi connectivity index (χ3n) is 7.41. The number of hydrogen-bond acceptors (Lipinski definition) is 2. The van der Waals surface area contributed by atoms with Gasteiger partial charge < -0.3 is 0 Å². The van der Waals surface area contributed by atoms with Crippen molar-refractivity contribution in [1.29, 1.82) is 0 Å². The molecule has 3 aromatic carbocycles. The van der Waals surface area contributed by atoms with Gasteiger partial charge in [-0.15, -0.1) is 0 Å². The molecule has 1 heterocycles. The second-order valence-corrected chi connectivity index (χ2v) is 15.6. The van der Waals surface area contributed by atoms with Gasteiger partial charge in [0.05, 0.1) is 23.5 Å². The molecule has 4 rings (SSSR count). The molecule has 0 radical (unpaired) electrons. The zero-order chi connectivity index (χ0) is 27.1. The largest absolute Gasteiger partial charge is 0.320 e. The Labute approximate surface area is 228 Å². The fraction of sp³-hybridized carbons (Fsp3) is 0.375. The van der Waals surface area contributed by atoms with Gasteiger partial charge in [0.15, 0.2) is 0 Å². The number of aryl methyl sites for hydroxylation is 6. The molecule has 0 amide bonds. The van der Waals surface area contributed by atoms with Gasteiger partial charge in [-0.05, 0) is 102 Å². The summed E-state index contributed by atoms with van der Waals surface area (Å²) >= 11 is 1.61. The van der Waals surface area contributed by atoms with Gasteiger partial charge in [0.2, 0.25) is 0 Å². The molecule has 1 aliphatic rings. The van der Waals surface area contributed by atoms with Crippen molar-refractivity contribution in [3.63, 3.8) is 0 Å². The Morgan fingerprint density at radius 2 is 1.16 bits per heavy atom. The van der Waals surface area contributed by atoms with Crippen molar-refractivity contribution in [3.05, 3.63) is 99.6 Å². The molecule has 5 heteroatoms. The highest BCUT2D eigenvalue weighted by Gasteiger charge is 2.54. The molecular weight excluding hydrogens is 491 g/mol. The maximum Gasteiger partial charge on any atom is 0.320 e. The van der Waals surface area contributed by atoms with Crippen molar-refractivity contribution in [2.45, 2.75) is 79.6 Å². The third-order valence-corrected chi connectivity index (χ3v) is 13.3. The zero-order valence-electron chi connectivity index (χ0n) is 23.7. The predicted octanol–water partition coefficient (Wildman–Crippen LogP) is 9.58. The molecule has 0 saturated carbocycles. The average Bonchev–Trinajstić information content (AvgIpc) is 2.98. The van der Waals surface area contributed by atoms with E-state index in [1.165, 1.54) is 33.4 Å². The number of benzene rings is 3. The van der Waals surface area contributed by atoms with Gasteiger partial charge in [0.1, 0.15) is 0 Å². The molecule has 3 unspecified atom stereocenters. The first kappa shape index (κ1) is 27.6. The van der Waals surface area contributed by atoms with Crippen LogP contribution in [0.1, 0.15) is 59.7 Å². The van der Waals surface area contributed by atoms with Crippen molar-refractivity contribution in [3.8, 4) is 0 Å². The third kappa shape index (κ3) is 5.29.